The van der Waals surface area contributed by atoms with Crippen molar-refractivity contribution in [2.24, 2.45) is 10.7 Å². The van der Waals surface area contributed by atoms with E-state index in [0.717, 1.165) is 6.42 Å². The summed E-state index contributed by atoms with van der Waals surface area (Å²) in [5.41, 5.74) is 5.31. The lowest BCUT2D eigenvalue weighted by Gasteiger charge is -2.18. The number of aliphatic imine (C=N–C) groups is 1. The second-order valence-electron chi connectivity index (χ2n) is 6.02. The van der Waals surface area contributed by atoms with Crippen LogP contribution in [0.15, 0.2) is 34.2 Å². The quantitative estimate of drug-likeness (QED) is 0.616. The molecular formula is C16H22F2N4O3S. The average Bonchev–Trinajstić information content (AvgIpc) is 2.87. The summed E-state index contributed by atoms with van der Waals surface area (Å²) in [7, 11) is -3.74. The van der Waals surface area contributed by atoms with Crippen LogP contribution in [-0.4, -0.2) is 45.2 Å². The minimum absolute atomic E-state index is 0.0439. The molecule has 10 heteroatoms. The molecule has 0 bridgehead atoms. The third-order valence-corrected chi connectivity index (χ3v) is 5.30. The maximum atomic E-state index is 13.3. The minimum Gasteiger partial charge on any atom is -0.348 e. The molecule has 26 heavy (non-hydrogen) atoms. The molecule has 1 aliphatic rings. The van der Waals surface area contributed by atoms with E-state index in [1.807, 2.05) is 6.92 Å². The number of benzene rings is 1. The smallest absolute Gasteiger partial charge is 0.277 e. The van der Waals surface area contributed by atoms with E-state index in [1.54, 1.807) is 18.2 Å². The van der Waals surface area contributed by atoms with Crippen LogP contribution in [0.1, 0.15) is 31.7 Å². The number of fused-ring (bicyclic) bond motifs is 1. The molecule has 1 atom stereocenters. The predicted molar refractivity (Wildman–Crippen MR) is 93.6 cm³/mol. The summed E-state index contributed by atoms with van der Waals surface area (Å²) in [5, 5.41) is 2.15. The Balaban J connectivity index is 2.25. The summed E-state index contributed by atoms with van der Waals surface area (Å²) < 4.78 is 53.1. The standard InChI is InChI=1S/C16H22F2N4O3S/c1-2-3-7-12(15(23)20-10-16(17,18)9-19)21-14-11-6-4-5-8-13(11)26(24,25)22-14/h4-6,8,12H,2-3,7,9-10,19H2,1H3,(H,20,23)(H,21,22). The van der Waals surface area contributed by atoms with Crippen molar-refractivity contribution < 1.29 is 22.0 Å². The first-order valence-corrected chi connectivity index (χ1v) is 9.74. The second-order valence-corrected chi connectivity index (χ2v) is 7.67. The van der Waals surface area contributed by atoms with Crippen molar-refractivity contribution in [1.82, 2.24) is 10.0 Å². The Bertz CT molecular complexity index is 796. The summed E-state index contributed by atoms with van der Waals surface area (Å²) in [4.78, 5) is 16.6. The van der Waals surface area contributed by atoms with Crippen LogP contribution in [0.2, 0.25) is 0 Å². The van der Waals surface area contributed by atoms with Crippen LogP contribution in [0.5, 0.6) is 0 Å². The highest BCUT2D eigenvalue weighted by Crippen LogP contribution is 2.23. The minimum atomic E-state index is -3.74. The molecule has 0 aromatic heterocycles. The van der Waals surface area contributed by atoms with Crippen molar-refractivity contribution in [2.75, 3.05) is 13.1 Å². The molecular weight excluding hydrogens is 366 g/mol. The van der Waals surface area contributed by atoms with Crippen LogP contribution in [0.3, 0.4) is 0 Å². The van der Waals surface area contributed by atoms with Gasteiger partial charge in [-0.15, -0.1) is 0 Å². The number of halogens is 2. The highest BCUT2D eigenvalue weighted by atomic mass is 32.2. The van der Waals surface area contributed by atoms with Gasteiger partial charge in [0.1, 0.15) is 11.9 Å². The molecule has 0 radical (unpaired) electrons. The Kier molecular flexibility index (Phi) is 6.30. The largest absolute Gasteiger partial charge is 0.348 e. The highest BCUT2D eigenvalue weighted by Gasteiger charge is 2.33. The van der Waals surface area contributed by atoms with E-state index in [4.69, 9.17) is 5.73 Å². The first-order chi connectivity index (χ1) is 12.2. The van der Waals surface area contributed by atoms with Crippen molar-refractivity contribution in [2.45, 2.75) is 43.0 Å². The van der Waals surface area contributed by atoms with Crippen molar-refractivity contribution in [1.29, 1.82) is 0 Å². The van der Waals surface area contributed by atoms with E-state index in [0.29, 0.717) is 18.4 Å². The number of rotatable bonds is 8. The molecule has 1 aliphatic heterocycles. The van der Waals surface area contributed by atoms with E-state index in [2.05, 4.69) is 15.0 Å². The van der Waals surface area contributed by atoms with Gasteiger partial charge in [0.2, 0.25) is 5.91 Å². The molecule has 1 unspecified atom stereocenters. The van der Waals surface area contributed by atoms with Gasteiger partial charge in [-0.3, -0.25) is 14.5 Å². The van der Waals surface area contributed by atoms with Crippen LogP contribution >= 0.6 is 0 Å². The maximum Gasteiger partial charge on any atom is 0.277 e. The fourth-order valence-electron chi connectivity index (χ4n) is 2.44. The van der Waals surface area contributed by atoms with Crippen molar-refractivity contribution in [3.05, 3.63) is 29.8 Å². The second kappa shape index (κ2) is 8.09. The molecule has 1 amide bonds. The molecule has 1 aromatic carbocycles. The molecule has 7 nitrogen and oxygen atoms in total. The molecule has 144 valence electrons. The van der Waals surface area contributed by atoms with Gasteiger partial charge in [-0.25, -0.2) is 17.2 Å². The molecule has 2 rings (SSSR count). The number of hydrogen-bond donors (Lipinski definition) is 3. The van der Waals surface area contributed by atoms with Gasteiger partial charge in [-0.2, -0.15) is 0 Å². The molecule has 0 saturated carbocycles. The fourth-order valence-corrected chi connectivity index (χ4v) is 3.68. The maximum absolute atomic E-state index is 13.3. The van der Waals surface area contributed by atoms with Gasteiger partial charge in [0.25, 0.3) is 15.9 Å². The molecule has 0 aliphatic carbocycles. The van der Waals surface area contributed by atoms with Crippen LogP contribution < -0.4 is 15.8 Å². The Hall–Kier alpha value is -2.07. The SMILES string of the molecule is CCCCC(N=C1NS(=O)(=O)c2ccccc21)C(=O)NCC(F)(F)CN. The van der Waals surface area contributed by atoms with Gasteiger partial charge in [-0.05, 0) is 18.6 Å². The Morgan fingerprint density at radius 2 is 2.08 bits per heavy atom. The van der Waals surface area contributed by atoms with Crippen molar-refractivity contribution >= 4 is 21.8 Å². The van der Waals surface area contributed by atoms with Crippen LogP contribution in [0.4, 0.5) is 8.78 Å². The molecule has 0 spiro atoms. The number of nitrogens with one attached hydrogen (secondary N) is 2. The number of sulfonamides is 1. The Labute approximate surface area is 151 Å². The van der Waals surface area contributed by atoms with Gasteiger partial charge in [0.15, 0.2) is 0 Å². The topological polar surface area (TPSA) is 114 Å². The van der Waals surface area contributed by atoms with Crippen molar-refractivity contribution in [3.8, 4) is 0 Å². The van der Waals surface area contributed by atoms with E-state index >= 15 is 0 Å². The van der Waals surface area contributed by atoms with Crippen LogP contribution in [-0.2, 0) is 14.8 Å². The van der Waals surface area contributed by atoms with Crippen LogP contribution in [0, 0.1) is 0 Å². The molecule has 4 N–H and O–H groups in total. The molecule has 1 aromatic rings. The number of alkyl halides is 2. The van der Waals surface area contributed by atoms with Gasteiger partial charge >= 0.3 is 0 Å². The number of amides is 1. The van der Waals surface area contributed by atoms with E-state index in [9.17, 15) is 22.0 Å². The van der Waals surface area contributed by atoms with Crippen LogP contribution in [0.25, 0.3) is 0 Å². The van der Waals surface area contributed by atoms with Crippen molar-refractivity contribution in [3.63, 3.8) is 0 Å². The van der Waals surface area contributed by atoms with Gasteiger partial charge < -0.3 is 11.1 Å². The third-order valence-electron chi connectivity index (χ3n) is 3.90. The zero-order valence-corrected chi connectivity index (χ0v) is 15.2. The lowest BCUT2D eigenvalue weighted by molar-refractivity contribution is -0.124. The Morgan fingerprint density at radius 1 is 1.38 bits per heavy atom. The summed E-state index contributed by atoms with van der Waals surface area (Å²) in [6, 6.07) is 5.26. The number of unbranched alkanes of at least 4 members (excludes halogenated alkanes) is 1. The van der Waals surface area contributed by atoms with E-state index in [1.165, 1.54) is 6.07 Å². The van der Waals surface area contributed by atoms with Gasteiger partial charge in [0, 0.05) is 5.56 Å². The number of amidine groups is 1. The third kappa shape index (κ3) is 4.76. The zero-order chi connectivity index (χ0) is 19.4. The van der Waals surface area contributed by atoms with E-state index < -0.39 is 41.0 Å². The molecule has 0 saturated heterocycles. The first-order valence-electron chi connectivity index (χ1n) is 8.26. The summed E-state index contributed by atoms with van der Waals surface area (Å²) >= 11 is 0. The zero-order valence-electron chi connectivity index (χ0n) is 14.3. The summed E-state index contributed by atoms with van der Waals surface area (Å²) in [6.45, 7) is 0.144. The average molecular weight is 388 g/mol. The van der Waals surface area contributed by atoms with E-state index in [-0.39, 0.29) is 10.7 Å². The first kappa shape index (κ1) is 20.2. The number of carbonyl (C=O) groups excluding carboxylic acids is 1. The lowest BCUT2D eigenvalue weighted by atomic mass is 10.1. The predicted octanol–water partition coefficient (Wildman–Crippen LogP) is 0.994. The van der Waals surface area contributed by atoms with Gasteiger partial charge in [-0.1, -0.05) is 31.9 Å². The monoisotopic (exact) mass is 388 g/mol. The molecule has 0 fully saturated rings. The number of carbonyl (C=O) groups is 1. The number of hydrogen-bond acceptors (Lipinski definition) is 5. The molecule has 1 heterocycles. The summed E-state index contributed by atoms with van der Waals surface area (Å²) in [5.74, 6) is -3.86. The fraction of sp³-hybridized carbons (Fsp3) is 0.500. The normalized spacial score (nSPS) is 18.2. The number of nitrogens with two attached hydrogens (primary N) is 1. The number of nitrogens with zero attached hydrogens (tertiary/aromatic N) is 1. The van der Waals surface area contributed by atoms with Gasteiger partial charge in [0.05, 0.1) is 18.0 Å². The Morgan fingerprint density at radius 3 is 2.73 bits per heavy atom. The highest BCUT2D eigenvalue weighted by molar-refractivity contribution is 7.90. The lowest BCUT2D eigenvalue weighted by Crippen LogP contribution is -2.45. The summed E-state index contributed by atoms with van der Waals surface area (Å²) in [6.07, 6.45) is 1.72.